The molecule has 0 radical (unpaired) electrons. The first-order valence-electron chi connectivity index (χ1n) is 39.3. The van der Waals surface area contributed by atoms with Gasteiger partial charge in [-0.1, -0.05) is 522 Å². The van der Waals surface area contributed by atoms with Gasteiger partial charge in [0.2, 0.25) is 0 Å². The molecule has 0 aliphatic carbocycles. The summed E-state index contributed by atoms with van der Waals surface area (Å²) in [4.78, 5) is 0. The monoisotopic (exact) mass is 1160 g/mol. The summed E-state index contributed by atoms with van der Waals surface area (Å²) >= 11 is 0. The van der Waals surface area contributed by atoms with Crippen molar-refractivity contribution in [2.75, 3.05) is 0 Å². The fraction of sp³-hybridized carbons (Fsp3) is 1.00. The van der Waals surface area contributed by atoms with Gasteiger partial charge in [0.15, 0.2) is 0 Å². The Kier molecular flexibility index (Phi) is 153. The second-order valence-electron chi connectivity index (χ2n) is 25.0. The normalized spacial score (nSPS) is 10.1. The van der Waals surface area contributed by atoms with Crippen LogP contribution in [0.5, 0.6) is 0 Å². The largest absolute Gasteiger partial charge is 1.00 e. The average Bonchev–Trinajstić information content (AvgIpc) is 3.47. The maximum Gasteiger partial charge on any atom is 1.00 e. The third-order valence-corrected chi connectivity index (χ3v) is 15.7. The van der Waals surface area contributed by atoms with Gasteiger partial charge in [0.05, 0.1) is 0 Å². The molecule has 0 aliphatic rings. The first kappa shape index (κ1) is 101. The van der Waals surface area contributed by atoms with Crippen molar-refractivity contribution >= 4 is 0 Å². The van der Waals surface area contributed by atoms with E-state index in [4.69, 9.17) is 0 Å². The smallest absolute Gasteiger partial charge is 1.00 e. The Morgan fingerprint density at radius 1 is 0.0864 bits per heavy atom. The van der Waals surface area contributed by atoms with E-state index < -0.39 is 0 Å². The van der Waals surface area contributed by atoms with Crippen LogP contribution in [0, 0.1) is 0 Å². The maximum atomic E-state index is 2.27. The molecule has 0 spiro atoms. The Hall–Kier alpha value is 1.00. The molecule has 0 rings (SSSR count). The van der Waals surface area contributed by atoms with Crippen molar-refractivity contribution in [3.8, 4) is 0 Å². The molecule has 0 aliphatic heterocycles. The van der Waals surface area contributed by atoms with Crippen molar-refractivity contribution in [3.63, 3.8) is 0 Å². The van der Waals surface area contributed by atoms with E-state index in [1.54, 1.807) is 0 Å². The van der Waals surface area contributed by atoms with Crippen molar-refractivity contribution in [3.05, 3.63) is 0 Å². The summed E-state index contributed by atoms with van der Waals surface area (Å²) in [7, 11) is 0. The second-order valence-corrected chi connectivity index (χ2v) is 25.0. The van der Waals surface area contributed by atoms with Gasteiger partial charge < -0.3 is 1.43 Å². The summed E-state index contributed by atoms with van der Waals surface area (Å²) in [6.07, 6.45) is 91.7. The summed E-state index contributed by atoms with van der Waals surface area (Å²) in [5, 5.41) is 0. The molecule has 0 aromatic rings. The van der Waals surface area contributed by atoms with E-state index in [1.807, 2.05) is 0 Å². The van der Waals surface area contributed by atoms with Gasteiger partial charge in [-0.05, 0) is 0 Å². The molecule has 0 amide bonds. The standard InChI is InChI=1S/8C10H22.Na.H/c8*1-3-5-7-9-10-8-6-4-2;;/h8*3-10H2,1-2H3;;/q;;;;;;;;+1;-1. The van der Waals surface area contributed by atoms with Gasteiger partial charge >= 0.3 is 29.6 Å². The first-order valence-corrected chi connectivity index (χ1v) is 39.3. The van der Waals surface area contributed by atoms with E-state index in [-0.39, 0.29) is 31.0 Å². The molecule has 0 saturated carbocycles. The summed E-state index contributed by atoms with van der Waals surface area (Å²) in [6, 6.07) is 0. The SMILES string of the molecule is CCCCCCCCCC.CCCCCCCCCC.CCCCCCCCCC.CCCCCCCCCC.CCCCCCCCCC.CCCCCCCCCC.CCCCCCCCCC.CCCCCCCCCC.[H-].[Na+]. The Morgan fingerprint density at radius 3 is 0.160 bits per heavy atom. The van der Waals surface area contributed by atoms with Gasteiger partial charge in [-0.25, -0.2) is 0 Å². The number of hydrogen-bond acceptors (Lipinski definition) is 0. The number of rotatable bonds is 56. The van der Waals surface area contributed by atoms with E-state index in [0.717, 1.165) is 0 Å². The third-order valence-electron chi connectivity index (χ3n) is 15.7. The summed E-state index contributed by atoms with van der Waals surface area (Å²) in [6.45, 7) is 36.3. The van der Waals surface area contributed by atoms with Crippen LogP contribution < -0.4 is 29.6 Å². The Balaban J connectivity index is -0.0000000900. The van der Waals surface area contributed by atoms with Crippen LogP contribution in [0.3, 0.4) is 0 Å². The molecule has 0 bridgehead atoms. The minimum atomic E-state index is 0. The maximum absolute atomic E-state index is 2.27. The van der Waals surface area contributed by atoms with Crippen LogP contribution in [0.2, 0.25) is 0 Å². The van der Waals surface area contributed by atoms with E-state index in [2.05, 4.69) is 111 Å². The molecule has 0 aromatic heterocycles. The zero-order valence-corrected chi connectivity index (χ0v) is 64.3. The van der Waals surface area contributed by atoms with Gasteiger partial charge in [-0.3, -0.25) is 0 Å². The number of unbranched alkanes of at least 4 members (excludes halogenated alkanes) is 56. The minimum Gasteiger partial charge on any atom is -1.00 e. The molecule has 0 saturated heterocycles. The molecule has 498 valence electrons. The summed E-state index contributed by atoms with van der Waals surface area (Å²) in [5.74, 6) is 0. The molecular formula is C80H177Na. The van der Waals surface area contributed by atoms with Gasteiger partial charge in [0, 0.05) is 0 Å². The Labute approximate surface area is 549 Å². The zero-order valence-electron chi connectivity index (χ0n) is 63.3. The van der Waals surface area contributed by atoms with Crippen LogP contribution in [-0.2, 0) is 0 Å². The quantitative estimate of drug-likeness (QED) is 0.0421. The molecule has 0 unspecified atom stereocenters. The van der Waals surface area contributed by atoms with Crippen molar-refractivity contribution in [1.29, 1.82) is 0 Å². The molecular weight excluding hydrogens is 984 g/mol. The van der Waals surface area contributed by atoms with Crippen molar-refractivity contribution in [2.45, 2.75) is 522 Å². The van der Waals surface area contributed by atoms with Crippen LogP contribution >= 0.6 is 0 Å². The third kappa shape index (κ3) is 156. The molecule has 0 nitrogen and oxygen atoms in total. The minimum absolute atomic E-state index is 0. The van der Waals surface area contributed by atoms with E-state index >= 15 is 0 Å². The van der Waals surface area contributed by atoms with Crippen molar-refractivity contribution < 1.29 is 31.0 Å². The predicted octanol–water partition coefficient (Wildman–Crippen LogP) is 30.3. The van der Waals surface area contributed by atoms with E-state index in [0.29, 0.717) is 0 Å². The van der Waals surface area contributed by atoms with E-state index in [9.17, 15) is 0 Å². The molecule has 0 aromatic carbocycles. The van der Waals surface area contributed by atoms with Gasteiger partial charge in [-0.2, -0.15) is 0 Å². The van der Waals surface area contributed by atoms with Gasteiger partial charge in [0.25, 0.3) is 0 Å². The topological polar surface area (TPSA) is 0 Å². The molecule has 0 N–H and O–H groups in total. The van der Waals surface area contributed by atoms with Crippen LogP contribution in [0.4, 0.5) is 0 Å². The second kappa shape index (κ2) is 123. The van der Waals surface area contributed by atoms with Crippen LogP contribution in [-0.4, -0.2) is 0 Å². The van der Waals surface area contributed by atoms with E-state index in [1.165, 1.54) is 411 Å². The molecule has 0 atom stereocenters. The Bertz CT molecular complexity index is 528. The van der Waals surface area contributed by atoms with Crippen LogP contribution in [0.15, 0.2) is 0 Å². The van der Waals surface area contributed by atoms with Crippen LogP contribution in [0.1, 0.15) is 523 Å². The number of hydrogen-bond donors (Lipinski definition) is 0. The van der Waals surface area contributed by atoms with Crippen LogP contribution in [0.25, 0.3) is 0 Å². The molecule has 1 heteroatoms. The molecule has 0 fully saturated rings. The van der Waals surface area contributed by atoms with Gasteiger partial charge in [0.1, 0.15) is 0 Å². The summed E-state index contributed by atoms with van der Waals surface area (Å²) < 4.78 is 0. The molecule has 0 heterocycles. The van der Waals surface area contributed by atoms with Crippen molar-refractivity contribution in [1.82, 2.24) is 0 Å². The fourth-order valence-corrected chi connectivity index (χ4v) is 9.66. The summed E-state index contributed by atoms with van der Waals surface area (Å²) in [5.41, 5.74) is 0. The average molecular weight is 1160 g/mol. The fourth-order valence-electron chi connectivity index (χ4n) is 9.66. The first-order chi connectivity index (χ1) is 39.3. The zero-order chi connectivity index (χ0) is 61.3. The predicted molar refractivity (Wildman–Crippen MR) is 387 cm³/mol. The van der Waals surface area contributed by atoms with Crippen molar-refractivity contribution in [2.24, 2.45) is 0 Å². The molecule has 81 heavy (non-hydrogen) atoms. The Morgan fingerprint density at radius 2 is 0.123 bits per heavy atom. The van der Waals surface area contributed by atoms with Gasteiger partial charge in [-0.15, -0.1) is 0 Å².